The fourth-order valence-corrected chi connectivity index (χ4v) is 5.68. The molecule has 0 aliphatic carbocycles. The van der Waals surface area contributed by atoms with E-state index in [-0.39, 0.29) is 23.1 Å². The van der Waals surface area contributed by atoms with E-state index in [0.717, 1.165) is 53.8 Å². The molecule has 2 aromatic heterocycles. The number of furan rings is 1. The van der Waals surface area contributed by atoms with E-state index in [4.69, 9.17) is 4.42 Å². The molecule has 0 radical (unpaired) electrons. The van der Waals surface area contributed by atoms with Crippen molar-refractivity contribution < 1.29 is 14.0 Å². The highest BCUT2D eigenvalue weighted by molar-refractivity contribution is 5.98. The highest BCUT2D eigenvalue weighted by Crippen LogP contribution is 2.41. The van der Waals surface area contributed by atoms with Crippen LogP contribution in [-0.2, 0) is 16.0 Å². The van der Waals surface area contributed by atoms with E-state index in [0.29, 0.717) is 25.3 Å². The second kappa shape index (κ2) is 8.34. The van der Waals surface area contributed by atoms with Crippen LogP contribution in [0.5, 0.6) is 0 Å². The van der Waals surface area contributed by atoms with Gasteiger partial charge in [-0.2, -0.15) is 0 Å². The number of hydrogen-bond acceptors (Lipinski definition) is 5. The molecule has 7 heteroatoms. The molecule has 1 spiro atoms. The van der Waals surface area contributed by atoms with Crippen LogP contribution in [0.25, 0.3) is 17.0 Å². The van der Waals surface area contributed by atoms with Gasteiger partial charge in [0.25, 0.3) is 0 Å². The van der Waals surface area contributed by atoms with Crippen LogP contribution in [0.2, 0.25) is 0 Å². The Morgan fingerprint density at radius 2 is 2.00 bits per heavy atom. The van der Waals surface area contributed by atoms with Crippen molar-refractivity contribution in [2.45, 2.75) is 32.1 Å². The molecule has 180 valence electrons. The van der Waals surface area contributed by atoms with Crippen LogP contribution in [0, 0.1) is 12.3 Å². The van der Waals surface area contributed by atoms with Crippen molar-refractivity contribution >= 4 is 34.7 Å². The average Bonchev–Trinajstić information content (AvgIpc) is 3.15. The van der Waals surface area contributed by atoms with Gasteiger partial charge in [-0.25, -0.2) is 4.98 Å². The summed E-state index contributed by atoms with van der Waals surface area (Å²) in [6.45, 7) is 5.26. The van der Waals surface area contributed by atoms with Crippen LogP contribution in [0.3, 0.4) is 0 Å². The summed E-state index contributed by atoms with van der Waals surface area (Å²) in [6.07, 6.45) is 7.58. The smallest absolute Gasteiger partial charge is 0.246 e. The van der Waals surface area contributed by atoms with Gasteiger partial charge in [-0.15, -0.1) is 0 Å². The number of likely N-dealkylation sites (tertiary alicyclic amines) is 2. The molecule has 3 aliphatic heterocycles. The van der Waals surface area contributed by atoms with Crippen LogP contribution in [0.15, 0.2) is 47.0 Å². The summed E-state index contributed by atoms with van der Waals surface area (Å²) in [7, 11) is 2.10. The highest BCUT2D eigenvalue weighted by atomic mass is 16.3. The van der Waals surface area contributed by atoms with Crippen molar-refractivity contribution in [3.63, 3.8) is 0 Å². The standard InChI is InChI=1S/C28H30N4O3/c1-18-22-5-3-4-6-23(22)35-25(18)21-16-32(17-21)24(33)8-7-19-13-20-14-28(9-11-31(2)12-10-28)27(34)30-26(20)29-15-19/h3-8,13,15,21H,9-12,14,16-17H2,1-2H3,(H,29,30,34)/b8-7+. The van der Waals surface area contributed by atoms with Gasteiger partial charge >= 0.3 is 0 Å². The Kier molecular flexibility index (Phi) is 5.25. The number of piperidine rings is 1. The SMILES string of the molecule is Cc1c(C2CN(C(=O)/C=C/c3cnc4c(c3)CC3(CCN(C)CC3)C(=O)N4)C2)oc2ccccc12. The second-order valence-electron chi connectivity index (χ2n) is 10.4. The molecule has 6 rings (SSSR count). The normalized spacial score (nSPS) is 20.3. The summed E-state index contributed by atoms with van der Waals surface area (Å²) in [6, 6.07) is 10.1. The lowest BCUT2D eigenvalue weighted by Crippen LogP contribution is -2.49. The van der Waals surface area contributed by atoms with E-state index in [9.17, 15) is 9.59 Å². The van der Waals surface area contributed by atoms with E-state index in [1.165, 1.54) is 5.56 Å². The third-order valence-corrected chi connectivity index (χ3v) is 8.04. The number of nitrogens with one attached hydrogen (secondary N) is 1. The number of carbonyl (C=O) groups excluding carboxylic acids is 2. The molecule has 0 bridgehead atoms. The van der Waals surface area contributed by atoms with Crippen molar-refractivity contribution in [3.05, 3.63) is 65.1 Å². The van der Waals surface area contributed by atoms with Crippen LogP contribution >= 0.6 is 0 Å². The number of amides is 2. The van der Waals surface area contributed by atoms with Crippen LogP contribution in [-0.4, -0.2) is 59.8 Å². The molecule has 1 aromatic carbocycles. The summed E-state index contributed by atoms with van der Waals surface area (Å²) in [5.74, 6) is 1.96. The maximum atomic E-state index is 12.8. The number of rotatable bonds is 3. The van der Waals surface area contributed by atoms with Gasteiger partial charge in [0.1, 0.15) is 17.2 Å². The minimum Gasteiger partial charge on any atom is -0.460 e. The Bertz CT molecular complexity index is 1340. The van der Waals surface area contributed by atoms with Crippen LogP contribution < -0.4 is 5.32 Å². The third-order valence-electron chi connectivity index (χ3n) is 8.04. The first-order valence-corrected chi connectivity index (χ1v) is 12.4. The third kappa shape index (κ3) is 3.84. The topological polar surface area (TPSA) is 78.7 Å². The summed E-state index contributed by atoms with van der Waals surface area (Å²) in [4.78, 5) is 34.2. The summed E-state index contributed by atoms with van der Waals surface area (Å²) in [5, 5.41) is 4.17. The molecular weight excluding hydrogens is 440 g/mol. The number of pyridine rings is 1. The number of fused-ring (bicyclic) bond motifs is 2. The first kappa shape index (κ1) is 22.0. The lowest BCUT2D eigenvalue weighted by molar-refractivity contribution is -0.130. The molecule has 3 aliphatic rings. The number of aromatic nitrogens is 1. The van der Waals surface area contributed by atoms with Crippen molar-refractivity contribution in [2.24, 2.45) is 5.41 Å². The predicted octanol–water partition coefficient (Wildman–Crippen LogP) is 3.98. The molecular formula is C28H30N4O3. The molecule has 3 aromatic rings. The first-order valence-electron chi connectivity index (χ1n) is 12.4. The van der Waals surface area contributed by atoms with Gasteiger partial charge in [-0.3, -0.25) is 9.59 Å². The minimum absolute atomic E-state index is 0.00664. The Morgan fingerprint density at radius 1 is 1.23 bits per heavy atom. The quantitative estimate of drug-likeness (QED) is 0.586. The Hall–Kier alpha value is -3.45. The molecule has 0 unspecified atom stereocenters. The van der Waals surface area contributed by atoms with Crippen molar-refractivity contribution in [1.82, 2.24) is 14.8 Å². The zero-order chi connectivity index (χ0) is 24.2. The lowest BCUT2D eigenvalue weighted by Gasteiger charge is -2.42. The maximum absolute atomic E-state index is 12.8. The number of aryl methyl sites for hydroxylation is 1. The Labute approximate surface area is 204 Å². The van der Waals surface area contributed by atoms with E-state index in [1.54, 1.807) is 12.3 Å². The number of benzene rings is 1. The number of hydrogen-bond donors (Lipinski definition) is 1. The molecule has 7 nitrogen and oxygen atoms in total. The van der Waals surface area contributed by atoms with Crippen LogP contribution in [0.1, 0.15) is 41.2 Å². The van der Waals surface area contributed by atoms with E-state index in [2.05, 4.69) is 41.3 Å². The van der Waals surface area contributed by atoms with Gasteiger partial charge in [0.15, 0.2) is 0 Å². The van der Waals surface area contributed by atoms with Crippen molar-refractivity contribution in [1.29, 1.82) is 0 Å². The van der Waals surface area contributed by atoms with E-state index >= 15 is 0 Å². The zero-order valence-electron chi connectivity index (χ0n) is 20.2. The van der Waals surface area contributed by atoms with Gasteiger partial charge in [0.05, 0.1) is 11.3 Å². The molecule has 2 fully saturated rings. The fraction of sp³-hybridized carbons (Fsp3) is 0.393. The van der Waals surface area contributed by atoms with Gasteiger partial charge in [0, 0.05) is 30.7 Å². The van der Waals surface area contributed by atoms with E-state index in [1.807, 2.05) is 29.2 Å². The van der Waals surface area contributed by atoms with Crippen molar-refractivity contribution in [3.8, 4) is 0 Å². The number of nitrogens with zero attached hydrogens (tertiary/aromatic N) is 3. The molecule has 2 amide bonds. The summed E-state index contributed by atoms with van der Waals surface area (Å²) >= 11 is 0. The molecule has 1 N–H and O–H groups in total. The van der Waals surface area contributed by atoms with Crippen LogP contribution in [0.4, 0.5) is 5.82 Å². The van der Waals surface area contributed by atoms with Crippen molar-refractivity contribution in [2.75, 3.05) is 38.5 Å². The monoisotopic (exact) mass is 470 g/mol. The fourth-order valence-electron chi connectivity index (χ4n) is 5.68. The number of anilines is 1. The molecule has 0 saturated carbocycles. The summed E-state index contributed by atoms with van der Waals surface area (Å²) < 4.78 is 6.08. The Balaban J connectivity index is 1.11. The van der Waals surface area contributed by atoms with Gasteiger partial charge < -0.3 is 19.5 Å². The molecule has 5 heterocycles. The first-order chi connectivity index (χ1) is 16.9. The van der Waals surface area contributed by atoms with E-state index < -0.39 is 0 Å². The largest absolute Gasteiger partial charge is 0.460 e. The predicted molar refractivity (Wildman–Crippen MR) is 135 cm³/mol. The second-order valence-corrected chi connectivity index (χ2v) is 10.4. The van der Waals surface area contributed by atoms with Gasteiger partial charge in [-0.1, -0.05) is 18.2 Å². The van der Waals surface area contributed by atoms with Gasteiger partial charge in [-0.05, 0) is 81.2 Å². The van der Waals surface area contributed by atoms with Gasteiger partial charge in [0.2, 0.25) is 11.8 Å². The zero-order valence-corrected chi connectivity index (χ0v) is 20.2. The Morgan fingerprint density at radius 3 is 2.77 bits per heavy atom. The average molecular weight is 471 g/mol. The molecule has 35 heavy (non-hydrogen) atoms. The maximum Gasteiger partial charge on any atom is 0.246 e. The lowest BCUT2D eigenvalue weighted by atomic mass is 9.71. The summed E-state index contributed by atoms with van der Waals surface area (Å²) in [5.41, 5.74) is 3.65. The minimum atomic E-state index is -0.346. The number of para-hydroxylation sites is 1. The molecule has 2 saturated heterocycles. The molecule has 0 atom stereocenters. The number of carbonyl (C=O) groups is 2. The highest BCUT2D eigenvalue weighted by Gasteiger charge is 2.44.